The van der Waals surface area contributed by atoms with Gasteiger partial charge in [0.1, 0.15) is 17.8 Å². The summed E-state index contributed by atoms with van der Waals surface area (Å²) in [6.07, 6.45) is 4.86. The van der Waals surface area contributed by atoms with Crippen molar-refractivity contribution in [1.29, 1.82) is 0 Å². The lowest BCUT2D eigenvalue weighted by molar-refractivity contribution is 0.0946. The summed E-state index contributed by atoms with van der Waals surface area (Å²) in [5.74, 6) is 1.67. The Kier molecular flexibility index (Phi) is 5.15. The van der Waals surface area contributed by atoms with Gasteiger partial charge in [0.15, 0.2) is 5.82 Å². The summed E-state index contributed by atoms with van der Waals surface area (Å²) in [5.41, 5.74) is 2.08. The normalized spacial score (nSPS) is 11.0. The Morgan fingerprint density at radius 1 is 1.14 bits per heavy atom. The molecule has 146 valence electrons. The number of rotatable bonds is 6. The van der Waals surface area contributed by atoms with E-state index in [1.165, 1.54) is 0 Å². The molecule has 0 bridgehead atoms. The first kappa shape index (κ1) is 18.5. The van der Waals surface area contributed by atoms with Crippen molar-refractivity contribution in [3.63, 3.8) is 0 Å². The van der Waals surface area contributed by atoms with Gasteiger partial charge in [-0.1, -0.05) is 49.3 Å². The molecule has 3 heterocycles. The van der Waals surface area contributed by atoms with E-state index in [-0.39, 0.29) is 11.8 Å². The van der Waals surface area contributed by atoms with Gasteiger partial charge in [-0.2, -0.15) is 4.98 Å². The molecule has 8 heteroatoms. The number of hydrogen-bond donors (Lipinski definition) is 1. The third kappa shape index (κ3) is 4.21. The number of carbonyl (C=O) groups excluding carboxylic acids is 1. The van der Waals surface area contributed by atoms with E-state index in [0.29, 0.717) is 29.8 Å². The number of carbonyl (C=O) groups is 1. The van der Waals surface area contributed by atoms with Crippen molar-refractivity contribution in [3.05, 3.63) is 78.3 Å². The Hall–Kier alpha value is -3.81. The first-order chi connectivity index (χ1) is 14.1. The van der Waals surface area contributed by atoms with Crippen LogP contribution in [0.2, 0.25) is 0 Å². The van der Waals surface area contributed by atoms with Gasteiger partial charge in [0, 0.05) is 24.9 Å². The molecule has 1 amide bonds. The lowest BCUT2D eigenvalue weighted by Gasteiger charge is -2.03. The molecule has 4 rings (SSSR count). The van der Waals surface area contributed by atoms with Crippen LogP contribution in [0.15, 0.2) is 65.7 Å². The van der Waals surface area contributed by atoms with Gasteiger partial charge < -0.3 is 9.84 Å². The van der Waals surface area contributed by atoms with Crippen LogP contribution in [0.5, 0.6) is 0 Å². The number of nitrogens with zero attached hydrogens (tertiary/aromatic N) is 5. The second kappa shape index (κ2) is 8.05. The third-order valence-electron chi connectivity index (χ3n) is 4.33. The number of hydrogen-bond acceptors (Lipinski definition) is 6. The topological polar surface area (TPSA) is 98.7 Å². The van der Waals surface area contributed by atoms with Gasteiger partial charge in [0.25, 0.3) is 11.8 Å². The standard InChI is InChI=1S/C21H20N6O2/c1-14(2)19-25-21(29-26-19)16-8-9-18(22-11-16)27-12-17(24-13-27)20(28)23-10-15-6-4-3-5-7-15/h3-9,11-14H,10H2,1-2H3,(H,23,28). The van der Waals surface area contributed by atoms with E-state index < -0.39 is 0 Å². The Balaban J connectivity index is 1.44. The summed E-state index contributed by atoms with van der Waals surface area (Å²) < 4.78 is 6.97. The highest BCUT2D eigenvalue weighted by molar-refractivity contribution is 5.92. The molecule has 3 aromatic heterocycles. The van der Waals surface area contributed by atoms with Crippen LogP contribution >= 0.6 is 0 Å². The van der Waals surface area contributed by atoms with Crippen LogP contribution in [0.4, 0.5) is 0 Å². The molecule has 0 aliphatic rings. The van der Waals surface area contributed by atoms with Crippen molar-refractivity contribution in [2.75, 3.05) is 0 Å². The van der Waals surface area contributed by atoms with Crippen molar-refractivity contribution in [2.45, 2.75) is 26.3 Å². The zero-order chi connectivity index (χ0) is 20.2. The molecule has 4 aromatic rings. The van der Waals surface area contributed by atoms with E-state index in [0.717, 1.165) is 11.1 Å². The number of imidazole rings is 1. The molecule has 0 aliphatic heterocycles. The highest BCUT2D eigenvalue weighted by atomic mass is 16.5. The van der Waals surface area contributed by atoms with Gasteiger partial charge in [-0.25, -0.2) is 9.97 Å². The van der Waals surface area contributed by atoms with Gasteiger partial charge >= 0.3 is 0 Å². The Morgan fingerprint density at radius 3 is 2.66 bits per heavy atom. The molecule has 0 fully saturated rings. The van der Waals surface area contributed by atoms with E-state index in [4.69, 9.17) is 4.52 Å². The minimum Gasteiger partial charge on any atom is -0.347 e. The summed E-state index contributed by atoms with van der Waals surface area (Å²) in [4.78, 5) is 25.3. The van der Waals surface area contributed by atoms with Crippen molar-refractivity contribution >= 4 is 5.91 Å². The summed E-state index contributed by atoms with van der Waals surface area (Å²) in [5, 5.41) is 6.82. The number of nitrogens with one attached hydrogen (secondary N) is 1. The zero-order valence-corrected chi connectivity index (χ0v) is 16.1. The Morgan fingerprint density at radius 2 is 1.97 bits per heavy atom. The van der Waals surface area contributed by atoms with Crippen molar-refractivity contribution < 1.29 is 9.32 Å². The van der Waals surface area contributed by atoms with Crippen LogP contribution in [0.1, 0.15) is 41.6 Å². The van der Waals surface area contributed by atoms with Crippen LogP contribution in [0.25, 0.3) is 17.3 Å². The van der Waals surface area contributed by atoms with Crippen molar-refractivity contribution in [2.24, 2.45) is 0 Å². The second-order valence-electron chi connectivity index (χ2n) is 6.85. The Labute approximate surface area is 167 Å². The van der Waals surface area contributed by atoms with Crippen LogP contribution in [-0.2, 0) is 6.54 Å². The fourth-order valence-electron chi connectivity index (χ4n) is 2.69. The quantitative estimate of drug-likeness (QED) is 0.544. The van der Waals surface area contributed by atoms with Crippen LogP contribution < -0.4 is 5.32 Å². The van der Waals surface area contributed by atoms with Gasteiger partial charge in [0.05, 0.1) is 5.56 Å². The summed E-state index contributed by atoms with van der Waals surface area (Å²) in [7, 11) is 0. The Bertz CT molecular complexity index is 1100. The van der Waals surface area contributed by atoms with Crippen LogP contribution in [0.3, 0.4) is 0 Å². The molecule has 0 aliphatic carbocycles. The SMILES string of the molecule is CC(C)c1noc(-c2ccc(-n3cnc(C(=O)NCc4ccccc4)c3)nc2)n1. The molecule has 0 unspecified atom stereocenters. The van der Waals surface area contributed by atoms with Gasteiger partial charge in [-0.3, -0.25) is 9.36 Å². The minimum absolute atomic E-state index is 0.192. The summed E-state index contributed by atoms with van der Waals surface area (Å²) >= 11 is 0. The van der Waals surface area contributed by atoms with Crippen LogP contribution in [0, 0.1) is 0 Å². The minimum atomic E-state index is -0.240. The molecule has 0 saturated carbocycles. The number of aromatic nitrogens is 5. The average Bonchev–Trinajstić information content (AvgIpc) is 3.43. The number of pyridine rings is 1. The van der Waals surface area contributed by atoms with E-state index >= 15 is 0 Å². The second-order valence-corrected chi connectivity index (χ2v) is 6.85. The largest absolute Gasteiger partial charge is 0.347 e. The maximum absolute atomic E-state index is 12.3. The smallest absolute Gasteiger partial charge is 0.271 e. The molecule has 1 aromatic carbocycles. The summed E-state index contributed by atoms with van der Waals surface area (Å²) in [6.45, 7) is 4.45. The van der Waals surface area contributed by atoms with E-state index in [1.54, 1.807) is 23.3 Å². The molecule has 29 heavy (non-hydrogen) atoms. The van der Waals surface area contributed by atoms with E-state index in [1.807, 2.05) is 56.3 Å². The molecule has 0 atom stereocenters. The van der Waals surface area contributed by atoms with Gasteiger partial charge in [0.2, 0.25) is 0 Å². The molecule has 0 radical (unpaired) electrons. The molecule has 1 N–H and O–H groups in total. The highest BCUT2D eigenvalue weighted by Crippen LogP contribution is 2.20. The maximum atomic E-state index is 12.3. The van der Waals surface area contributed by atoms with E-state index in [2.05, 4.69) is 25.4 Å². The lowest BCUT2D eigenvalue weighted by atomic mass is 10.2. The molecular formula is C21H20N6O2. The molecule has 8 nitrogen and oxygen atoms in total. The monoisotopic (exact) mass is 388 g/mol. The molecular weight excluding hydrogens is 368 g/mol. The molecule has 0 saturated heterocycles. The molecule has 0 spiro atoms. The summed E-state index contributed by atoms with van der Waals surface area (Å²) in [6, 6.07) is 13.4. The predicted molar refractivity (Wildman–Crippen MR) is 106 cm³/mol. The lowest BCUT2D eigenvalue weighted by Crippen LogP contribution is -2.23. The van der Waals surface area contributed by atoms with Gasteiger partial charge in [-0.05, 0) is 17.7 Å². The number of amides is 1. The van der Waals surface area contributed by atoms with Crippen molar-refractivity contribution in [3.8, 4) is 17.3 Å². The predicted octanol–water partition coefficient (Wildman–Crippen LogP) is 3.37. The fourth-order valence-corrected chi connectivity index (χ4v) is 2.69. The first-order valence-electron chi connectivity index (χ1n) is 9.26. The highest BCUT2D eigenvalue weighted by Gasteiger charge is 2.13. The third-order valence-corrected chi connectivity index (χ3v) is 4.33. The maximum Gasteiger partial charge on any atom is 0.271 e. The first-order valence-corrected chi connectivity index (χ1v) is 9.26. The van der Waals surface area contributed by atoms with Crippen LogP contribution in [-0.4, -0.2) is 30.6 Å². The van der Waals surface area contributed by atoms with Gasteiger partial charge in [-0.15, -0.1) is 0 Å². The zero-order valence-electron chi connectivity index (χ0n) is 16.1. The number of benzene rings is 1. The fraction of sp³-hybridized carbons (Fsp3) is 0.190. The van der Waals surface area contributed by atoms with Crippen molar-refractivity contribution in [1.82, 2.24) is 30.0 Å². The van der Waals surface area contributed by atoms with E-state index in [9.17, 15) is 4.79 Å². The average molecular weight is 388 g/mol.